The predicted molar refractivity (Wildman–Crippen MR) is 133 cm³/mol. The van der Waals surface area contributed by atoms with Crippen LogP contribution in [0, 0.1) is 0 Å². The van der Waals surface area contributed by atoms with Crippen molar-refractivity contribution in [2.24, 2.45) is 0 Å². The second-order valence-electron chi connectivity index (χ2n) is 8.47. The van der Waals surface area contributed by atoms with Gasteiger partial charge in [0.15, 0.2) is 28.9 Å². The highest BCUT2D eigenvalue weighted by atomic mass is 16.2. The van der Waals surface area contributed by atoms with Gasteiger partial charge in [-0.3, -0.25) is 28.8 Å². The van der Waals surface area contributed by atoms with E-state index in [4.69, 9.17) is 0 Å². The molecule has 35 heavy (non-hydrogen) atoms. The van der Waals surface area contributed by atoms with Crippen molar-refractivity contribution in [1.29, 1.82) is 0 Å². The molecule has 2 aromatic rings. The van der Waals surface area contributed by atoms with Crippen LogP contribution >= 0.6 is 0 Å². The topological polar surface area (TPSA) is 126 Å². The number of hydrogen-bond donors (Lipinski definition) is 2. The van der Waals surface area contributed by atoms with Crippen LogP contribution in [0.3, 0.4) is 0 Å². The fourth-order valence-electron chi connectivity index (χ4n) is 3.36. The third-order valence-corrected chi connectivity index (χ3v) is 5.38. The molecule has 0 bridgehead atoms. The van der Waals surface area contributed by atoms with Crippen molar-refractivity contribution in [2.75, 3.05) is 17.2 Å². The highest BCUT2D eigenvalue weighted by molar-refractivity contribution is 6.03. The summed E-state index contributed by atoms with van der Waals surface area (Å²) in [5.41, 5.74) is 2.37. The van der Waals surface area contributed by atoms with Crippen molar-refractivity contribution in [3.63, 3.8) is 0 Å². The predicted octanol–water partition coefficient (Wildman–Crippen LogP) is 4.68. The molecule has 184 valence electrons. The van der Waals surface area contributed by atoms with E-state index in [1.165, 1.54) is 52.0 Å². The molecule has 0 aliphatic rings. The van der Waals surface area contributed by atoms with Crippen LogP contribution in [-0.4, -0.2) is 41.4 Å². The first-order valence-electron chi connectivity index (χ1n) is 11.4. The van der Waals surface area contributed by atoms with Crippen molar-refractivity contribution in [3.8, 4) is 0 Å². The zero-order valence-electron chi connectivity index (χ0n) is 20.4. The Balaban J connectivity index is 1.82. The maximum Gasteiger partial charge on any atom is 0.224 e. The first kappa shape index (κ1) is 27.3. The van der Waals surface area contributed by atoms with E-state index < -0.39 is 0 Å². The Morgan fingerprint density at radius 2 is 0.971 bits per heavy atom. The number of hydrogen-bond acceptors (Lipinski definition) is 7. The third kappa shape index (κ3) is 8.73. The van der Waals surface area contributed by atoms with Gasteiger partial charge in [0.2, 0.25) is 5.91 Å². The molecule has 0 atom stereocenters. The van der Waals surface area contributed by atoms with E-state index in [1.807, 2.05) is 0 Å². The lowest BCUT2D eigenvalue weighted by atomic mass is 10.0. The van der Waals surface area contributed by atoms with Gasteiger partial charge in [0.05, 0.1) is 6.54 Å². The van der Waals surface area contributed by atoms with Crippen LogP contribution in [0.1, 0.15) is 94.8 Å². The molecule has 0 heterocycles. The van der Waals surface area contributed by atoms with Gasteiger partial charge in [0, 0.05) is 46.5 Å². The summed E-state index contributed by atoms with van der Waals surface area (Å²) in [5.74, 6) is -1.10. The normalized spacial score (nSPS) is 10.4. The van der Waals surface area contributed by atoms with Crippen LogP contribution in [0.15, 0.2) is 36.4 Å². The molecular weight excluding hydrogens is 448 g/mol. The van der Waals surface area contributed by atoms with Crippen LogP contribution in [-0.2, 0) is 9.59 Å². The van der Waals surface area contributed by atoms with Gasteiger partial charge in [-0.25, -0.2) is 0 Å². The van der Waals surface area contributed by atoms with Gasteiger partial charge in [-0.15, -0.1) is 0 Å². The van der Waals surface area contributed by atoms with Gasteiger partial charge in [-0.2, -0.15) is 0 Å². The van der Waals surface area contributed by atoms with Crippen molar-refractivity contribution in [2.45, 2.75) is 53.4 Å². The molecule has 2 N–H and O–H groups in total. The summed E-state index contributed by atoms with van der Waals surface area (Å²) >= 11 is 0. The number of amides is 1. The molecule has 1 amide bonds. The molecule has 0 saturated heterocycles. The Hall–Kier alpha value is -3.94. The number of benzene rings is 2. The van der Waals surface area contributed by atoms with E-state index >= 15 is 0 Å². The average Bonchev–Trinajstić information content (AvgIpc) is 2.79. The minimum absolute atomic E-state index is 0.0383. The standard InChI is InChI=1S/C27H30N2O6/c1-16(30)20-9-21(17(2)31)12-24(11-20)28-15-26(34)7-5-6-8-27(35)29-25-13-22(18(3)32)10-23(14-25)19(4)33/h9-14,28H,5-8,15H2,1-4H3,(H,29,35). The first-order valence-corrected chi connectivity index (χ1v) is 11.4. The maximum absolute atomic E-state index is 12.3. The molecule has 0 aliphatic heterocycles. The van der Waals surface area contributed by atoms with E-state index in [0.29, 0.717) is 46.5 Å². The Morgan fingerprint density at radius 1 is 0.571 bits per heavy atom. The number of Topliss-reactive ketones (excluding diaryl/α,β-unsaturated/α-hetero) is 5. The number of unbranched alkanes of at least 4 members (excludes halogenated alkanes) is 1. The number of rotatable bonds is 13. The largest absolute Gasteiger partial charge is 0.378 e. The zero-order chi connectivity index (χ0) is 26.1. The molecule has 8 heteroatoms. The van der Waals surface area contributed by atoms with E-state index in [0.717, 1.165) is 0 Å². The van der Waals surface area contributed by atoms with E-state index in [1.54, 1.807) is 12.1 Å². The van der Waals surface area contributed by atoms with Crippen LogP contribution in [0.4, 0.5) is 11.4 Å². The monoisotopic (exact) mass is 478 g/mol. The van der Waals surface area contributed by atoms with Gasteiger partial charge in [0.25, 0.3) is 0 Å². The van der Waals surface area contributed by atoms with Crippen LogP contribution < -0.4 is 10.6 Å². The summed E-state index contributed by atoms with van der Waals surface area (Å²) in [6, 6.07) is 9.29. The van der Waals surface area contributed by atoms with Crippen molar-refractivity contribution in [1.82, 2.24) is 0 Å². The molecule has 0 saturated carbocycles. The highest BCUT2D eigenvalue weighted by Gasteiger charge is 2.12. The average molecular weight is 479 g/mol. The lowest BCUT2D eigenvalue weighted by Gasteiger charge is -2.10. The van der Waals surface area contributed by atoms with Crippen molar-refractivity contribution in [3.05, 3.63) is 58.7 Å². The van der Waals surface area contributed by atoms with Gasteiger partial charge >= 0.3 is 0 Å². The summed E-state index contributed by atoms with van der Waals surface area (Å²) in [6.45, 7) is 5.63. The third-order valence-electron chi connectivity index (χ3n) is 5.38. The summed E-state index contributed by atoms with van der Waals surface area (Å²) in [5, 5.41) is 5.66. The second kappa shape index (κ2) is 12.5. The Kier molecular flexibility index (Phi) is 9.75. The van der Waals surface area contributed by atoms with E-state index in [-0.39, 0.29) is 54.2 Å². The quantitative estimate of drug-likeness (QED) is 0.316. The lowest BCUT2D eigenvalue weighted by molar-refractivity contribution is -0.118. The SMILES string of the molecule is CC(=O)c1cc(NCC(=O)CCCCC(=O)Nc2cc(C(C)=O)cc(C(C)=O)c2)cc(C(C)=O)c1. The van der Waals surface area contributed by atoms with Gasteiger partial charge in [-0.1, -0.05) is 0 Å². The fourth-order valence-corrected chi connectivity index (χ4v) is 3.36. The molecule has 0 aliphatic carbocycles. The van der Waals surface area contributed by atoms with Gasteiger partial charge < -0.3 is 10.6 Å². The Labute approximate surface area is 204 Å². The molecule has 0 fully saturated rings. The minimum Gasteiger partial charge on any atom is -0.378 e. The van der Waals surface area contributed by atoms with E-state index in [9.17, 15) is 28.8 Å². The molecule has 2 aromatic carbocycles. The van der Waals surface area contributed by atoms with E-state index in [2.05, 4.69) is 10.6 Å². The number of ketones is 5. The van der Waals surface area contributed by atoms with Gasteiger partial charge in [-0.05, 0) is 76.9 Å². The molecule has 0 aromatic heterocycles. The van der Waals surface area contributed by atoms with Crippen molar-refractivity contribution < 1.29 is 28.8 Å². The summed E-state index contributed by atoms with van der Waals surface area (Å²) < 4.78 is 0. The lowest BCUT2D eigenvalue weighted by Crippen LogP contribution is -2.15. The molecule has 8 nitrogen and oxygen atoms in total. The van der Waals surface area contributed by atoms with Crippen molar-refractivity contribution >= 4 is 46.2 Å². The summed E-state index contributed by atoms with van der Waals surface area (Å²) in [4.78, 5) is 71.2. The Bertz CT molecular complexity index is 1120. The van der Waals surface area contributed by atoms with Crippen LogP contribution in [0.5, 0.6) is 0 Å². The smallest absolute Gasteiger partial charge is 0.224 e. The summed E-state index contributed by atoms with van der Waals surface area (Å²) in [7, 11) is 0. The molecule has 2 rings (SSSR count). The highest BCUT2D eigenvalue weighted by Crippen LogP contribution is 2.18. The van der Waals surface area contributed by atoms with Crippen LogP contribution in [0.25, 0.3) is 0 Å². The fraction of sp³-hybridized carbons (Fsp3) is 0.333. The second-order valence-corrected chi connectivity index (χ2v) is 8.47. The minimum atomic E-state index is -0.274. The zero-order valence-corrected chi connectivity index (χ0v) is 20.4. The number of carbonyl (C=O) groups is 6. The Morgan fingerprint density at radius 3 is 1.40 bits per heavy atom. The molecule has 0 spiro atoms. The van der Waals surface area contributed by atoms with Crippen LogP contribution in [0.2, 0.25) is 0 Å². The molecule has 0 unspecified atom stereocenters. The number of anilines is 2. The number of nitrogens with one attached hydrogen (secondary N) is 2. The van der Waals surface area contributed by atoms with Gasteiger partial charge in [0.1, 0.15) is 0 Å². The molecule has 0 radical (unpaired) electrons. The summed E-state index contributed by atoms with van der Waals surface area (Å²) in [6.07, 6.45) is 1.44. The maximum atomic E-state index is 12.3. The first-order chi connectivity index (χ1) is 16.5. The number of carbonyl (C=O) groups excluding carboxylic acids is 6. The molecular formula is C27H30N2O6.